The van der Waals surface area contributed by atoms with Gasteiger partial charge in [-0.05, 0) is 30.5 Å². The lowest BCUT2D eigenvalue weighted by molar-refractivity contribution is 1.51. The molecule has 0 amide bonds. The van der Waals surface area contributed by atoms with E-state index >= 15 is 0 Å². The van der Waals surface area contributed by atoms with Gasteiger partial charge in [-0.2, -0.15) is 0 Å². The Kier molecular flexibility index (Phi) is 1.21. The fraction of sp³-hybridized carbons (Fsp3) is 0.333. The van der Waals surface area contributed by atoms with Crippen LogP contribution < -0.4 is 0 Å². The molecule has 1 aromatic heterocycles. The quantitative estimate of drug-likeness (QED) is 0.483. The number of aryl methyl sites for hydroxylation is 2. The summed E-state index contributed by atoms with van der Waals surface area (Å²) in [5, 5.41) is 1.51. The molecule has 1 unspecified atom stereocenters. The molecular weight excluding hydrogens is 103 g/mol. The van der Waals surface area contributed by atoms with Gasteiger partial charge in [0.15, 0.2) is 0 Å². The summed E-state index contributed by atoms with van der Waals surface area (Å²) in [6.45, 7) is 4.31. The van der Waals surface area contributed by atoms with E-state index in [1.165, 1.54) is 10.9 Å². The van der Waals surface area contributed by atoms with Crippen LogP contribution >= 0.6 is 8.19 Å². The van der Waals surface area contributed by atoms with Crippen molar-refractivity contribution >= 4 is 8.19 Å². The van der Waals surface area contributed by atoms with Gasteiger partial charge in [-0.25, -0.2) is 0 Å². The van der Waals surface area contributed by atoms with Gasteiger partial charge in [0.2, 0.25) is 0 Å². The van der Waals surface area contributed by atoms with Gasteiger partial charge < -0.3 is 0 Å². The predicted molar refractivity (Wildman–Crippen MR) is 35.4 cm³/mol. The van der Waals surface area contributed by atoms with E-state index in [0.717, 1.165) is 8.19 Å². The predicted octanol–water partition coefficient (Wildman–Crippen LogP) is 2.33. The molecule has 1 aromatic rings. The van der Waals surface area contributed by atoms with Crippen LogP contribution in [0.25, 0.3) is 0 Å². The lowest BCUT2D eigenvalue weighted by Gasteiger charge is -1.71. The Hall–Kier alpha value is -0.220. The molecule has 0 nitrogen and oxygen atoms in total. The van der Waals surface area contributed by atoms with Crippen LogP contribution in [-0.2, 0) is 0 Å². The van der Waals surface area contributed by atoms with Crippen molar-refractivity contribution in [2.24, 2.45) is 0 Å². The normalized spacial score (nSPS) is 10.6. The Bertz CT molecular complexity index is 136. The average molecular weight is 112 g/mol. The van der Waals surface area contributed by atoms with Gasteiger partial charge in [0.25, 0.3) is 0 Å². The summed E-state index contributed by atoms with van der Waals surface area (Å²) in [7, 11) is 0.962. The Morgan fingerprint density at radius 3 is 2.29 bits per heavy atom. The van der Waals surface area contributed by atoms with Crippen molar-refractivity contribution in [2.45, 2.75) is 13.8 Å². The molecule has 38 valence electrons. The zero-order chi connectivity index (χ0) is 5.28. The third kappa shape index (κ3) is 1.07. The van der Waals surface area contributed by atoms with Crippen LogP contribution in [0.2, 0.25) is 0 Å². The van der Waals surface area contributed by atoms with E-state index in [-0.39, 0.29) is 0 Å². The molecule has 0 aliphatic rings. The van der Waals surface area contributed by atoms with Crippen LogP contribution in [0.3, 0.4) is 0 Å². The zero-order valence-corrected chi connectivity index (χ0v) is 5.65. The van der Waals surface area contributed by atoms with Crippen LogP contribution in [0, 0.1) is 13.8 Å². The lowest BCUT2D eigenvalue weighted by Crippen LogP contribution is -1.53. The van der Waals surface area contributed by atoms with Crippen LogP contribution in [0.1, 0.15) is 10.9 Å². The molecule has 0 saturated carbocycles. The first-order valence-electron chi connectivity index (χ1n) is 2.40. The first-order valence-corrected chi connectivity index (χ1v) is 3.48. The fourth-order valence-electron chi connectivity index (χ4n) is 0.653. The topological polar surface area (TPSA) is 0 Å². The third-order valence-corrected chi connectivity index (χ3v) is 2.17. The highest BCUT2D eigenvalue weighted by Gasteiger charge is 1.82. The molecule has 0 aliphatic carbocycles. The molecule has 0 saturated heterocycles. The molecule has 0 fully saturated rings. The van der Waals surface area contributed by atoms with Gasteiger partial charge >= 0.3 is 0 Å². The Labute approximate surface area is 45.6 Å². The summed E-state index contributed by atoms with van der Waals surface area (Å²) in [6, 6.07) is 2.23. The molecule has 1 rings (SSSR count). The summed E-state index contributed by atoms with van der Waals surface area (Å²) in [5.74, 6) is 2.27. The van der Waals surface area contributed by atoms with Crippen LogP contribution in [0.15, 0.2) is 11.9 Å². The molecule has 0 N–H and O–H groups in total. The first kappa shape index (κ1) is 4.93. The molecular formula is C6H9P. The number of hydrogen-bond acceptors (Lipinski definition) is 0. The molecule has 0 aliphatic heterocycles. The smallest absolute Gasteiger partial charge is 0.0341 e. The van der Waals surface area contributed by atoms with E-state index < -0.39 is 0 Å². The van der Waals surface area contributed by atoms with Crippen molar-refractivity contribution in [1.82, 2.24) is 0 Å². The minimum absolute atomic E-state index is 0.962. The van der Waals surface area contributed by atoms with Gasteiger partial charge in [-0.1, -0.05) is 6.07 Å². The van der Waals surface area contributed by atoms with E-state index in [4.69, 9.17) is 0 Å². The van der Waals surface area contributed by atoms with Crippen LogP contribution in [0.5, 0.6) is 0 Å². The summed E-state index contributed by atoms with van der Waals surface area (Å²) in [4.78, 5) is 0. The van der Waals surface area contributed by atoms with Crippen LogP contribution in [-0.4, -0.2) is 0 Å². The molecule has 0 spiro atoms. The monoisotopic (exact) mass is 112 g/mol. The highest BCUT2D eigenvalue weighted by atomic mass is 31.0. The third-order valence-electron chi connectivity index (χ3n) is 0.972. The molecule has 0 bridgehead atoms. The zero-order valence-electron chi connectivity index (χ0n) is 4.65. The van der Waals surface area contributed by atoms with E-state index in [9.17, 15) is 0 Å². The molecule has 0 radical (unpaired) electrons. The Balaban J connectivity index is 3.04. The largest absolute Gasteiger partial charge is 0.137 e. The summed E-state index contributed by atoms with van der Waals surface area (Å²) < 4.78 is 0. The Morgan fingerprint density at radius 1 is 1.43 bits per heavy atom. The van der Waals surface area contributed by atoms with Crippen molar-refractivity contribution in [2.75, 3.05) is 0 Å². The summed E-state index contributed by atoms with van der Waals surface area (Å²) >= 11 is 0. The van der Waals surface area contributed by atoms with Crippen molar-refractivity contribution in [3.63, 3.8) is 0 Å². The fourth-order valence-corrected chi connectivity index (χ4v) is 1.50. The van der Waals surface area contributed by atoms with Crippen LogP contribution in [0.4, 0.5) is 0 Å². The summed E-state index contributed by atoms with van der Waals surface area (Å²) in [6.07, 6.45) is 0. The van der Waals surface area contributed by atoms with E-state index in [1.807, 2.05) is 0 Å². The van der Waals surface area contributed by atoms with E-state index in [1.54, 1.807) is 0 Å². The van der Waals surface area contributed by atoms with E-state index in [2.05, 4.69) is 25.7 Å². The minimum Gasteiger partial charge on any atom is -0.137 e. The molecule has 0 aromatic carbocycles. The van der Waals surface area contributed by atoms with Crippen molar-refractivity contribution in [3.05, 3.63) is 22.7 Å². The molecule has 1 heteroatoms. The second-order valence-electron chi connectivity index (χ2n) is 1.86. The molecule has 1 atom stereocenters. The van der Waals surface area contributed by atoms with Gasteiger partial charge in [-0.15, -0.1) is 8.19 Å². The summed E-state index contributed by atoms with van der Waals surface area (Å²) in [5.41, 5.74) is 1.43. The molecule has 1 heterocycles. The Morgan fingerprint density at radius 2 is 2.14 bits per heavy atom. The average Bonchev–Trinajstić information content (AvgIpc) is 1.87. The number of rotatable bonds is 0. The standard InChI is InChI=1S/C6H9P/c1-5-3-6(2)7-4-5/h3-4,7H,1-2H3. The van der Waals surface area contributed by atoms with Crippen molar-refractivity contribution in [3.8, 4) is 0 Å². The SMILES string of the molecule is Cc1c[pH]c(C)c1. The van der Waals surface area contributed by atoms with Gasteiger partial charge in [-0.3, -0.25) is 0 Å². The highest BCUT2D eigenvalue weighted by molar-refractivity contribution is 7.30. The van der Waals surface area contributed by atoms with Gasteiger partial charge in [0, 0.05) is 0 Å². The molecule has 7 heavy (non-hydrogen) atoms. The second-order valence-corrected chi connectivity index (χ2v) is 3.23. The van der Waals surface area contributed by atoms with Crippen molar-refractivity contribution < 1.29 is 0 Å². The van der Waals surface area contributed by atoms with Gasteiger partial charge in [0.05, 0.1) is 0 Å². The van der Waals surface area contributed by atoms with Crippen molar-refractivity contribution in [1.29, 1.82) is 0 Å². The van der Waals surface area contributed by atoms with E-state index in [0.29, 0.717) is 0 Å². The second kappa shape index (κ2) is 1.71. The maximum atomic E-state index is 2.27. The first-order chi connectivity index (χ1) is 3.29. The highest BCUT2D eigenvalue weighted by Crippen LogP contribution is 2.16. The lowest BCUT2D eigenvalue weighted by atomic mass is 10.4. The minimum atomic E-state index is 0.962. The maximum absolute atomic E-state index is 2.27. The maximum Gasteiger partial charge on any atom is -0.0341 e. The van der Waals surface area contributed by atoms with Gasteiger partial charge in [0.1, 0.15) is 0 Å². The number of hydrogen-bond donors (Lipinski definition) is 0.